The van der Waals surface area contributed by atoms with Crippen LogP contribution in [-0.4, -0.2) is 18.1 Å². The molecule has 0 bridgehead atoms. The first-order valence-corrected chi connectivity index (χ1v) is 6.96. The van der Waals surface area contributed by atoms with E-state index in [2.05, 4.69) is 29.5 Å². The zero-order valence-corrected chi connectivity index (χ0v) is 10.9. The van der Waals surface area contributed by atoms with Crippen LogP contribution >= 0.6 is 0 Å². The summed E-state index contributed by atoms with van der Waals surface area (Å²) in [5.74, 6) is 0.857. The standard InChI is InChI=1S/C15H24N2/c1-16-15(12-13-8-10-17-11-9-13)14-6-4-2-3-5-7-14/h8-11,14-16H,2-7,12H2,1H3. The van der Waals surface area contributed by atoms with Crippen LogP contribution in [0.15, 0.2) is 24.5 Å². The molecule has 0 amide bonds. The van der Waals surface area contributed by atoms with E-state index in [9.17, 15) is 0 Å². The van der Waals surface area contributed by atoms with Crippen molar-refractivity contribution in [1.29, 1.82) is 0 Å². The molecule has 1 fully saturated rings. The molecule has 1 aromatic heterocycles. The Bertz CT molecular complexity index is 302. The highest BCUT2D eigenvalue weighted by Gasteiger charge is 2.21. The van der Waals surface area contributed by atoms with Crippen molar-refractivity contribution < 1.29 is 0 Å². The summed E-state index contributed by atoms with van der Waals surface area (Å²) in [4.78, 5) is 4.09. The van der Waals surface area contributed by atoms with Crippen LogP contribution in [0, 0.1) is 5.92 Å². The lowest BCUT2D eigenvalue weighted by molar-refractivity contribution is 0.332. The van der Waals surface area contributed by atoms with Gasteiger partial charge < -0.3 is 5.32 Å². The second-order valence-electron chi connectivity index (χ2n) is 5.21. The SMILES string of the molecule is CNC(Cc1ccncc1)C1CCCCCC1. The molecule has 1 N–H and O–H groups in total. The number of likely N-dealkylation sites (N-methyl/N-ethyl adjacent to an activating group) is 1. The van der Waals surface area contributed by atoms with E-state index in [0.717, 1.165) is 12.3 Å². The number of hydrogen-bond acceptors (Lipinski definition) is 2. The summed E-state index contributed by atoms with van der Waals surface area (Å²) in [6, 6.07) is 4.91. The quantitative estimate of drug-likeness (QED) is 0.806. The summed E-state index contributed by atoms with van der Waals surface area (Å²) in [6.45, 7) is 0. The average Bonchev–Trinajstić information content (AvgIpc) is 2.66. The number of pyridine rings is 1. The highest BCUT2D eigenvalue weighted by molar-refractivity contribution is 5.11. The first kappa shape index (κ1) is 12.6. The minimum absolute atomic E-state index is 0.635. The van der Waals surface area contributed by atoms with Crippen LogP contribution in [0.1, 0.15) is 44.1 Å². The summed E-state index contributed by atoms with van der Waals surface area (Å²) < 4.78 is 0. The largest absolute Gasteiger partial charge is 0.316 e. The average molecular weight is 232 g/mol. The molecule has 0 radical (unpaired) electrons. The number of aromatic nitrogens is 1. The van der Waals surface area contributed by atoms with Crippen LogP contribution in [0.2, 0.25) is 0 Å². The van der Waals surface area contributed by atoms with Crippen LogP contribution in [0.25, 0.3) is 0 Å². The van der Waals surface area contributed by atoms with Gasteiger partial charge in [0.25, 0.3) is 0 Å². The molecule has 1 saturated carbocycles. The Morgan fingerprint density at radius 1 is 1.18 bits per heavy atom. The minimum Gasteiger partial charge on any atom is -0.316 e. The molecule has 2 rings (SSSR count). The van der Waals surface area contributed by atoms with E-state index >= 15 is 0 Å². The summed E-state index contributed by atoms with van der Waals surface area (Å²) in [6.07, 6.45) is 13.4. The van der Waals surface area contributed by atoms with E-state index in [1.165, 1.54) is 44.1 Å². The molecule has 1 aliphatic rings. The van der Waals surface area contributed by atoms with Gasteiger partial charge in [0.15, 0.2) is 0 Å². The molecule has 1 atom stereocenters. The van der Waals surface area contributed by atoms with Crippen LogP contribution in [0.4, 0.5) is 0 Å². The molecule has 2 heteroatoms. The molecule has 0 aliphatic heterocycles. The van der Waals surface area contributed by atoms with Crippen LogP contribution in [0.3, 0.4) is 0 Å². The zero-order chi connectivity index (χ0) is 11.9. The maximum Gasteiger partial charge on any atom is 0.0270 e. The van der Waals surface area contributed by atoms with Crippen molar-refractivity contribution in [2.24, 2.45) is 5.92 Å². The van der Waals surface area contributed by atoms with Crippen molar-refractivity contribution in [3.05, 3.63) is 30.1 Å². The van der Waals surface area contributed by atoms with Gasteiger partial charge in [-0.2, -0.15) is 0 Å². The molecule has 2 nitrogen and oxygen atoms in total. The van der Waals surface area contributed by atoms with Gasteiger partial charge in [-0.1, -0.05) is 25.7 Å². The van der Waals surface area contributed by atoms with Gasteiger partial charge in [0.2, 0.25) is 0 Å². The van der Waals surface area contributed by atoms with Gasteiger partial charge in [-0.15, -0.1) is 0 Å². The summed E-state index contributed by atoms with van der Waals surface area (Å²) >= 11 is 0. The lowest BCUT2D eigenvalue weighted by Crippen LogP contribution is -2.35. The molecule has 0 spiro atoms. The molecule has 1 heterocycles. The van der Waals surface area contributed by atoms with Crippen molar-refractivity contribution >= 4 is 0 Å². The Hall–Kier alpha value is -0.890. The van der Waals surface area contributed by atoms with Crippen molar-refractivity contribution in [3.8, 4) is 0 Å². The van der Waals surface area contributed by atoms with E-state index in [1.807, 2.05) is 12.4 Å². The molecule has 1 unspecified atom stereocenters. The molecular weight excluding hydrogens is 208 g/mol. The van der Waals surface area contributed by atoms with E-state index < -0.39 is 0 Å². The molecule has 17 heavy (non-hydrogen) atoms. The fourth-order valence-electron chi connectivity index (χ4n) is 2.99. The molecule has 0 aromatic carbocycles. The van der Waals surface area contributed by atoms with E-state index in [1.54, 1.807) is 0 Å². The second-order valence-corrected chi connectivity index (χ2v) is 5.21. The Balaban J connectivity index is 1.95. The fourth-order valence-corrected chi connectivity index (χ4v) is 2.99. The maximum atomic E-state index is 4.09. The third-order valence-electron chi connectivity index (χ3n) is 4.04. The Kier molecular flexibility index (Phi) is 4.99. The normalized spacial score (nSPS) is 19.8. The fraction of sp³-hybridized carbons (Fsp3) is 0.667. The molecule has 0 saturated heterocycles. The van der Waals surface area contributed by atoms with Gasteiger partial charge in [0, 0.05) is 18.4 Å². The lowest BCUT2D eigenvalue weighted by atomic mass is 9.88. The van der Waals surface area contributed by atoms with E-state index in [4.69, 9.17) is 0 Å². The van der Waals surface area contributed by atoms with Crippen molar-refractivity contribution in [1.82, 2.24) is 10.3 Å². The van der Waals surface area contributed by atoms with Gasteiger partial charge in [-0.25, -0.2) is 0 Å². The lowest BCUT2D eigenvalue weighted by Gasteiger charge is -2.26. The number of nitrogens with zero attached hydrogens (tertiary/aromatic N) is 1. The Morgan fingerprint density at radius 2 is 1.82 bits per heavy atom. The summed E-state index contributed by atoms with van der Waals surface area (Å²) in [5, 5.41) is 3.53. The Labute approximate surface area is 105 Å². The third kappa shape index (κ3) is 3.81. The maximum absolute atomic E-state index is 4.09. The van der Waals surface area contributed by atoms with Crippen molar-refractivity contribution in [3.63, 3.8) is 0 Å². The first-order valence-electron chi connectivity index (χ1n) is 6.96. The smallest absolute Gasteiger partial charge is 0.0270 e. The number of rotatable bonds is 4. The van der Waals surface area contributed by atoms with Gasteiger partial charge in [-0.3, -0.25) is 4.98 Å². The zero-order valence-electron chi connectivity index (χ0n) is 10.9. The highest BCUT2D eigenvalue weighted by Crippen LogP contribution is 2.26. The van der Waals surface area contributed by atoms with Gasteiger partial charge >= 0.3 is 0 Å². The van der Waals surface area contributed by atoms with Crippen molar-refractivity contribution in [2.75, 3.05) is 7.05 Å². The third-order valence-corrected chi connectivity index (χ3v) is 4.04. The molecular formula is C15H24N2. The molecule has 1 aromatic rings. The second kappa shape index (κ2) is 6.75. The summed E-state index contributed by atoms with van der Waals surface area (Å²) in [5.41, 5.74) is 1.41. The first-order chi connectivity index (χ1) is 8.40. The predicted octanol–water partition coefficient (Wildman–Crippen LogP) is 3.18. The topological polar surface area (TPSA) is 24.9 Å². The van der Waals surface area contributed by atoms with Gasteiger partial charge in [0.05, 0.1) is 0 Å². The van der Waals surface area contributed by atoms with E-state index in [0.29, 0.717) is 6.04 Å². The predicted molar refractivity (Wildman–Crippen MR) is 72.0 cm³/mol. The summed E-state index contributed by atoms with van der Waals surface area (Å²) in [7, 11) is 2.11. The molecule has 1 aliphatic carbocycles. The van der Waals surface area contributed by atoms with Crippen LogP contribution in [-0.2, 0) is 6.42 Å². The van der Waals surface area contributed by atoms with Gasteiger partial charge in [0.1, 0.15) is 0 Å². The molecule has 94 valence electrons. The Morgan fingerprint density at radius 3 is 2.41 bits per heavy atom. The van der Waals surface area contributed by atoms with Crippen LogP contribution < -0.4 is 5.32 Å². The monoisotopic (exact) mass is 232 g/mol. The minimum atomic E-state index is 0.635. The van der Waals surface area contributed by atoms with Crippen LogP contribution in [0.5, 0.6) is 0 Å². The number of hydrogen-bond donors (Lipinski definition) is 1. The van der Waals surface area contributed by atoms with Gasteiger partial charge in [-0.05, 0) is 49.9 Å². The highest BCUT2D eigenvalue weighted by atomic mass is 14.9. The number of nitrogens with one attached hydrogen (secondary N) is 1. The van der Waals surface area contributed by atoms with E-state index in [-0.39, 0.29) is 0 Å². The van der Waals surface area contributed by atoms with Crippen molar-refractivity contribution in [2.45, 2.75) is 51.0 Å².